The van der Waals surface area contributed by atoms with E-state index in [1.807, 2.05) is 42.3 Å². The Bertz CT molecular complexity index is 1310. The van der Waals surface area contributed by atoms with Crippen molar-refractivity contribution >= 4 is 27.6 Å². The first-order valence-electron chi connectivity index (χ1n) is 11.6. The molecule has 1 aromatic carbocycles. The third kappa shape index (κ3) is 5.14. The first-order valence-corrected chi connectivity index (χ1v) is 13.1. The van der Waals surface area contributed by atoms with Gasteiger partial charge in [-0.25, -0.2) is 14.7 Å². The Morgan fingerprint density at radius 2 is 1.86 bits per heavy atom. The number of benzene rings is 1. The van der Waals surface area contributed by atoms with E-state index in [4.69, 9.17) is 0 Å². The van der Waals surface area contributed by atoms with E-state index in [-0.39, 0.29) is 16.1 Å². The van der Waals surface area contributed by atoms with Crippen molar-refractivity contribution in [1.29, 1.82) is 0 Å². The number of hydrogen-bond acceptors (Lipinski definition) is 7. The normalized spacial score (nSPS) is 17.3. The van der Waals surface area contributed by atoms with Crippen molar-refractivity contribution in [2.45, 2.75) is 44.3 Å². The standard InChI is InChI=1S/C26H31N5O3S/c1-19-15-17-31(26(19,2)3)24-21(12-9-16-27-24)25(32)29-35(33,34)23-14-8-13-22(28-23)30(4)18-20-10-6-5-7-11-20/h5-14,16,19H,15,17-18H2,1-4H3,(H,29,32). The average Bonchev–Trinajstić information content (AvgIpc) is 3.11. The number of nitrogens with zero attached hydrogens (tertiary/aromatic N) is 4. The van der Waals surface area contributed by atoms with Crippen LogP contribution in [0.2, 0.25) is 0 Å². The maximum absolute atomic E-state index is 13.2. The van der Waals surface area contributed by atoms with Gasteiger partial charge in [0.25, 0.3) is 15.9 Å². The summed E-state index contributed by atoms with van der Waals surface area (Å²) in [7, 11) is -2.36. The summed E-state index contributed by atoms with van der Waals surface area (Å²) in [4.78, 5) is 25.9. The fourth-order valence-electron chi connectivity index (χ4n) is 4.33. The number of anilines is 2. The van der Waals surface area contributed by atoms with Crippen molar-refractivity contribution in [2.75, 3.05) is 23.4 Å². The van der Waals surface area contributed by atoms with E-state index >= 15 is 0 Å². The molecule has 35 heavy (non-hydrogen) atoms. The number of carbonyl (C=O) groups excluding carboxylic acids is 1. The van der Waals surface area contributed by atoms with Gasteiger partial charge in [-0.05, 0) is 56.0 Å². The van der Waals surface area contributed by atoms with Crippen LogP contribution in [0.4, 0.5) is 11.6 Å². The molecule has 0 spiro atoms. The SMILES string of the molecule is CC1CCN(c2ncccc2C(=O)NS(=O)(=O)c2cccc(N(C)Cc3ccccc3)n2)C1(C)C. The largest absolute Gasteiger partial charge is 0.355 e. The molecular weight excluding hydrogens is 462 g/mol. The Morgan fingerprint density at radius 1 is 1.11 bits per heavy atom. The lowest BCUT2D eigenvalue weighted by Gasteiger charge is -2.36. The fourth-order valence-corrected chi connectivity index (χ4v) is 5.26. The van der Waals surface area contributed by atoms with Gasteiger partial charge in [-0.1, -0.05) is 43.3 Å². The van der Waals surface area contributed by atoms with E-state index in [9.17, 15) is 13.2 Å². The third-order valence-corrected chi connectivity index (χ3v) is 8.07. The lowest BCUT2D eigenvalue weighted by molar-refractivity contribution is 0.0981. The van der Waals surface area contributed by atoms with E-state index in [2.05, 4.69) is 40.4 Å². The van der Waals surface area contributed by atoms with E-state index in [1.165, 1.54) is 6.07 Å². The highest BCUT2D eigenvalue weighted by Crippen LogP contribution is 2.38. The molecule has 3 heterocycles. The van der Waals surface area contributed by atoms with Gasteiger partial charge in [0, 0.05) is 31.9 Å². The molecule has 184 valence electrons. The van der Waals surface area contributed by atoms with Crippen LogP contribution < -0.4 is 14.5 Å². The average molecular weight is 494 g/mol. The molecule has 1 aliphatic rings. The van der Waals surface area contributed by atoms with Crippen molar-refractivity contribution in [3.63, 3.8) is 0 Å². The zero-order chi connectivity index (χ0) is 25.2. The molecule has 1 saturated heterocycles. The molecule has 2 aromatic heterocycles. The maximum atomic E-state index is 13.2. The lowest BCUT2D eigenvalue weighted by atomic mass is 9.90. The summed E-state index contributed by atoms with van der Waals surface area (Å²) in [5, 5.41) is -0.219. The van der Waals surface area contributed by atoms with E-state index in [0.29, 0.717) is 24.1 Å². The fraction of sp³-hybridized carbons (Fsp3) is 0.346. The molecular formula is C26H31N5O3S. The predicted molar refractivity (Wildman–Crippen MR) is 137 cm³/mol. The van der Waals surface area contributed by atoms with Gasteiger partial charge < -0.3 is 9.80 Å². The van der Waals surface area contributed by atoms with E-state index in [0.717, 1.165) is 18.5 Å². The minimum Gasteiger partial charge on any atom is -0.355 e. The second-order valence-corrected chi connectivity index (χ2v) is 11.1. The molecule has 8 nitrogen and oxygen atoms in total. The zero-order valence-electron chi connectivity index (χ0n) is 20.5. The topological polar surface area (TPSA) is 95.5 Å². The Labute approximate surface area is 207 Å². The highest BCUT2D eigenvalue weighted by molar-refractivity contribution is 7.90. The summed E-state index contributed by atoms with van der Waals surface area (Å²) in [5.74, 6) is 0.648. The minimum absolute atomic E-state index is 0.207. The van der Waals surface area contributed by atoms with Crippen molar-refractivity contribution in [1.82, 2.24) is 14.7 Å². The molecule has 1 fully saturated rings. The highest BCUT2D eigenvalue weighted by atomic mass is 32.2. The first-order chi connectivity index (χ1) is 16.6. The van der Waals surface area contributed by atoms with E-state index < -0.39 is 15.9 Å². The van der Waals surface area contributed by atoms with Gasteiger partial charge in [-0.3, -0.25) is 4.79 Å². The van der Waals surface area contributed by atoms with Crippen LogP contribution in [0.15, 0.2) is 71.9 Å². The Balaban J connectivity index is 1.56. The maximum Gasteiger partial charge on any atom is 0.281 e. The summed E-state index contributed by atoms with van der Waals surface area (Å²) in [5.41, 5.74) is 1.08. The summed E-state index contributed by atoms with van der Waals surface area (Å²) in [6.45, 7) is 7.70. The molecule has 3 aromatic rings. The second kappa shape index (κ2) is 9.65. The van der Waals surface area contributed by atoms with Gasteiger partial charge in [0.1, 0.15) is 11.6 Å². The smallest absolute Gasteiger partial charge is 0.281 e. The zero-order valence-corrected chi connectivity index (χ0v) is 21.3. The minimum atomic E-state index is -4.20. The summed E-state index contributed by atoms with van der Waals surface area (Å²) >= 11 is 0. The van der Waals surface area contributed by atoms with Crippen molar-refractivity contribution in [2.24, 2.45) is 5.92 Å². The van der Waals surface area contributed by atoms with Crippen LogP contribution >= 0.6 is 0 Å². The molecule has 1 atom stereocenters. The molecule has 1 unspecified atom stereocenters. The lowest BCUT2D eigenvalue weighted by Crippen LogP contribution is -2.43. The second-order valence-electron chi connectivity index (χ2n) is 9.48. The predicted octanol–water partition coefficient (Wildman–Crippen LogP) is 3.86. The number of nitrogens with one attached hydrogen (secondary N) is 1. The quantitative estimate of drug-likeness (QED) is 0.534. The molecule has 0 aliphatic carbocycles. The van der Waals surface area contributed by atoms with Crippen LogP contribution in [0, 0.1) is 5.92 Å². The number of sulfonamides is 1. The summed E-state index contributed by atoms with van der Waals surface area (Å²) in [6.07, 6.45) is 2.59. The molecule has 0 radical (unpaired) electrons. The van der Waals surface area contributed by atoms with Crippen LogP contribution in [0.1, 0.15) is 43.1 Å². The Hall–Kier alpha value is -3.46. The van der Waals surface area contributed by atoms with Gasteiger partial charge in [-0.15, -0.1) is 0 Å². The highest BCUT2D eigenvalue weighted by Gasteiger charge is 2.40. The molecule has 0 bridgehead atoms. The molecule has 9 heteroatoms. The molecule has 1 aliphatic heterocycles. The van der Waals surface area contributed by atoms with Gasteiger partial charge in [0.15, 0.2) is 5.03 Å². The number of hydrogen-bond donors (Lipinski definition) is 1. The number of rotatable bonds is 7. The monoisotopic (exact) mass is 493 g/mol. The van der Waals surface area contributed by atoms with Crippen LogP contribution in [-0.2, 0) is 16.6 Å². The summed E-state index contributed by atoms with van der Waals surface area (Å²) < 4.78 is 28.4. The van der Waals surface area contributed by atoms with Crippen molar-refractivity contribution < 1.29 is 13.2 Å². The molecule has 1 N–H and O–H groups in total. The van der Waals surface area contributed by atoms with Crippen molar-refractivity contribution in [3.05, 3.63) is 78.0 Å². The van der Waals surface area contributed by atoms with Crippen LogP contribution in [0.25, 0.3) is 0 Å². The van der Waals surface area contributed by atoms with Gasteiger partial charge in [0.05, 0.1) is 5.56 Å². The molecule has 1 amide bonds. The van der Waals surface area contributed by atoms with Gasteiger partial charge >= 0.3 is 0 Å². The van der Waals surface area contributed by atoms with Gasteiger partial charge in [-0.2, -0.15) is 8.42 Å². The van der Waals surface area contributed by atoms with Crippen LogP contribution in [0.5, 0.6) is 0 Å². The number of carbonyl (C=O) groups is 1. The molecule has 0 saturated carbocycles. The van der Waals surface area contributed by atoms with Crippen molar-refractivity contribution in [3.8, 4) is 0 Å². The van der Waals surface area contributed by atoms with Gasteiger partial charge in [0.2, 0.25) is 0 Å². The Kier molecular flexibility index (Phi) is 6.80. The third-order valence-electron chi connectivity index (χ3n) is 6.84. The molecule has 4 rings (SSSR count). The number of aromatic nitrogens is 2. The Morgan fingerprint density at radius 3 is 2.54 bits per heavy atom. The number of amides is 1. The van der Waals surface area contributed by atoms with Crippen LogP contribution in [-0.4, -0.2) is 43.4 Å². The first kappa shape index (κ1) is 24.7. The summed E-state index contributed by atoms with van der Waals surface area (Å²) in [6, 6.07) is 17.8. The number of pyridine rings is 2. The van der Waals surface area contributed by atoms with E-state index in [1.54, 1.807) is 30.5 Å². The van der Waals surface area contributed by atoms with Crippen LogP contribution in [0.3, 0.4) is 0 Å².